The molecule has 0 saturated carbocycles. The van der Waals surface area contributed by atoms with E-state index >= 15 is 0 Å². The SMILES string of the molecule is CCC(CC(CC1CC2CC(c3ccc(C)cc3)CC(C)c3ccc(cc3)CC(C)(c3ccc(C)cc3)C3C=CC(C=C3)Cc3ccc(cc3)C(C)(Cc3ccc2cc3)C2C=CC(C=C2)Cc2ccc1cc2)c1ccc(C)cc1)c1ccc(C)cc1. The minimum absolute atomic E-state index is 0.112. The number of benzene rings is 8. The molecule has 20 rings (SSSR count). The highest BCUT2D eigenvalue weighted by Crippen LogP contribution is 2.48. The molecular weight excluding hydrogens is 1030 g/mol. The summed E-state index contributed by atoms with van der Waals surface area (Å²) in [6.07, 6.45) is 30.8. The smallest absolute Gasteiger partial charge is 0.00624 e. The van der Waals surface area contributed by atoms with Crippen LogP contribution in [0.4, 0.5) is 0 Å². The Balaban J connectivity index is 0.984. The summed E-state index contributed by atoms with van der Waals surface area (Å²) < 4.78 is 0. The number of hydrogen-bond acceptors (Lipinski definition) is 0. The molecule has 0 radical (unpaired) electrons. The number of aryl methyl sites for hydroxylation is 4. The van der Waals surface area contributed by atoms with E-state index in [0.29, 0.717) is 47.3 Å². The fraction of sp³-hybridized carbons (Fsp3) is 0.349. The van der Waals surface area contributed by atoms with E-state index in [1.165, 1.54) is 89.0 Å². The van der Waals surface area contributed by atoms with Gasteiger partial charge in [-0.15, -0.1) is 0 Å². The standard InChI is InChI=1S/C86H94/c1-9-70(72-30-10-59(2)11-31-72)53-78(74-34-14-61(4)15-35-74)55-80-56-79-54-77(73-32-12-60(3)13-33-73)50-63(6)71-36-20-68(21-37-71)57-85(7,81-42-16-62(5)17-43-81)82-44-26-66(27-45-82)52-67-28-48-84(49-29-67)86(8,58-69-22-40-76(79)41-23-69)83-46-24-65(25-47-83)51-64-18-38-75(80)39-19-64/h10-49,63,65-66,70,77-80,82-83H,9,50-58H2,1-8H3. The third kappa shape index (κ3) is 13.5. The summed E-state index contributed by atoms with van der Waals surface area (Å²) in [5, 5.41) is 0. The van der Waals surface area contributed by atoms with Crippen LogP contribution in [0, 0.1) is 51.4 Å². The molecule has 8 aromatic carbocycles. The minimum atomic E-state index is -0.149. The maximum absolute atomic E-state index is 2.57. The third-order valence-corrected chi connectivity index (χ3v) is 21.6. The molecule has 0 nitrogen and oxygen atoms in total. The maximum Gasteiger partial charge on any atom is 0.00624 e. The van der Waals surface area contributed by atoms with E-state index < -0.39 is 0 Å². The Morgan fingerprint density at radius 3 is 1.20 bits per heavy atom. The molecule has 0 aliphatic heterocycles. The Morgan fingerprint density at radius 2 is 0.733 bits per heavy atom. The Labute approximate surface area is 518 Å². The summed E-state index contributed by atoms with van der Waals surface area (Å²) >= 11 is 0. The van der Waals surface area contributed by atoms with Gasteiger partial charge in [-0.2, -0.15) is 0 Å². The zero-order chi connectivity index (χ0) is 59.4. The summed E-state index contributed by atoms with van der Waals surface area (Å²) in [4.78, 5) is 0. The van der Waals surface area contributed by atoms with Gasteiger partial charge in [0, 0.05) is 22.7 Å². The van der Waals surface area contributed by atoms with Crippen LogP contribution in [0.1, 0.15) is 191 Å². The van der Waals surface area contributed by atoms with Crippen LogP contribution < -0.4 is 0 Å². The first-order chi connectivity index (χ1) is 41.7. The highest BCUT2D eigenvalue weighted by Gasteiger charge is 2.38. The van der Waals surface area contributed by atoms with Crippen molar-refractivity contribution in [1.29, 1.82) is 0 Å². The molecular formula is C86H94. The first-order valence-corrected chi connectivity index (χ1v) is 33.1. The van der Waals surface area contributed by atoms with Crippen molar-refractivity contribution in [2.24, 2.45) is 23.7 Å². The van der Waals surface area contributed by atoms with Crippen LogP contribution in [0.25, 0.3) is 0 Å². The van der Waals surface area contributed by atoms with Gasteiger partial charge in [-0.05, 0) is 206 Å². The fourth-order valence-electron chi connectivity index (χ4n) is 15.9. The van der Waals surface area contributed by atoms with Gasteiger partial charge in [-0.25, -0.2) is 0 Å². The van der Waals surface area contributed by atoms with Gasteiger partial charge in [0.2, 0.25) is 0 Å². The average Bonchev–Trinajstić information content (AvgIpc) is 2.37. The van der Waals surface area contributed by atoms with E-state index in [1.54, 1.807) is 0 Å². The summed E-state index contributed by atoms with van der Waals surface area (Å²) in [6.45, 7) is 18.9. The van der Waals surface area contributed by atoms with Gasteiger partial charge in [0.15, 0.2) is 0 Å². The van der Waals surface area contributed by atoms with E-state index in [9.17, 15) is 0 Å². The molecule has 0 saturated heterocycles. The normalized spacial score (nSPS) is 26.2. The van der Waals surface area contributed by atoms with Crippen LogP contribution in [-0.4, -0.2) is 0 Å². The van der Waals surface area contributed by atoms with Gasteiger partial charge in [0.1, 0.15) is 0 Å². The molecule has 0 heteroatoms. The molecule has 0 N–H and O–H groups in total. The quantitative estimate of drug-likeness (QED) is 0.126. The van der Waals surface area contributed by atoms with Crippen LogP contribution in [0.3, 0.4) is 0 Å². The lowest BCUT2D eigenvalue weighted by molar-refractivity contribution is 0.389. The second-order valence-electron chi connectivity index (χ2n) is 28.0. The van der Waals surface area contributed by atoms with Gasteiger partial charge in [-0.3, -0.25) is 0 Å². The molecule has 0 spiro atoms. The van der Waals surface area contributed by atoms with Crippen molar-refractivity contribution in [3.8, 4) is 0 Å². The van der Waals surface area contributed by atoms with Crippen molar-refractivity contribution >= 4 is 0 Å². The van der Waals surface area contributed by atoms with Crippen LogP contribution in [0.5, 0.6) is 0 Å². The zero-order valence-electron chi connectivity index (χ0n) is 52.9. The molecule has 0 amide bonds. The lowest BCUT2D eigenvalue weighted by Crippen LogP contribution is -2.34. The van der Waals surface area contributed by atoms with Crippen molar-refractivity contribution in [2.75, 3.05) is 0 Å². The van der Waals surface area contributed by atoms with Crippen LogP contribution in [-0.2, 0) is 36.5 Å². The number of hydrogen-bond donors (Lipinski definition) is 0. The van der Waals surface area contributed by atoms with E-state index in [2.05, 4.69) is 298 Å². The number of fused-ring (bicyclic) bond motifs is 1. The first kappa shape index (κ1) is 59.1. The largest absolute Gasteiger partial charge is 0.0807 e. The molecule has 438 valence electrons. The zero-order valence-corrected chi connectivity index (χ0v) is 52.9. The van der Waals surface area contributed by atoms with E-state index in [4.69, 9.17) is 0 Å². The second kappa shape index (κ2) is 26.0. The topological polar surface area (TPSA) is 0 Å². The minimum Gasteiger partial charge on any atom is -0.0807 e. The lowest BCUT2D eigenvalue weighted by Gasteiger charge is -2.38. The third-order valence-electron chi connectivity index (χ3n) is 21.6. The van der Waals surface area contributed by atoms with Gasteiger partial charge in [0.25, 0.3) is 0 Å². The molecule has 12 aliphatic rings. The molecule has 0 fully saturated rings. The Bertz CT molecular complexity index is 3600. The molecule has 86 heavy (non-hydrogen) atoms. The van der Waals surface area contributed by atoms with Crippen molar-refractivity contribution < 1.29 is 0 Å². The summed E-state index contributed by atoms with van der Waals surface area (Å²) in [6, 6.07) is 78.1. The highest BCUT2D eigenvalue weighted by molar-refractivity contribution is 5.42. The van der Waals surface area contributed by atoms with Crippen molar-refractivity contribution in [3.05, 3.63) is 332 Å². The van der Waals surface area contributed by atoms with Gasteiger partial charge in [-0.1, -0.05) is 293 Å². The van der Waals surface area contributed by atoms with E-state index in [1.807, 2.05) is 0 Å². The predicted molar refractivity (Wildman–Crippen MR) is 366 cm³/mol. The van der Waals surface area contributed by atoms with E-state index in [0.717, 1.165) is 64.2 Å². The molecule has 8 atom stereocenters. The fourth-order valence-corrected chi connectivity index (χ4v) is 15.9. The average molecular weight is 1130 g/mol. The van der Waals surface area contributed by atoms with Crippen molar-refractivity contribution in [2.45, 2.75) is 166 Å². The van der Waals surface area contributed by atoms with Gasteiger partial charge < -0.3 is 0 Å². The Kier molecular flexibility index (Phi) is 17.8. The van der Waals surface area contributed by atoms with E-state index in [-0.39, 0.29) is 22.7 Å². The highest BCUT2D eigenvalue weighted by atomic mass is 14.4. The second-order valence-corrected chi connectivity index (χ2v) is 28.0. The molecule has 14 bridgehead atoms. The summed E-state index contributed by atoms with van der Waals surface area (Å²) in [7, 11) is 0. The van der Waals surface area contributed by atoms with Gasteiger partial charge >= 0.3 is 0 Å². The Morgan fingerprint density at radius 1 is 0.372 bits per heavy atom. The predicted octanol–water partition coefficient (Wildman–Crippen LogP) is 22.1. The molecule has 8 aromatic rings. The molecule has 12 aliphatic carbocycles. The maximum atomic E-state index is 2.57. The first-order valence-electron chi connectivity index (χ1n) is 33.1. The summed E-state index contributed by atoms with van der Waals surface area (Å²) in [5.74, 6) is 3.51. The number of allylic oxidation sites excluding steroid dienone is 8. The monoisotopic (exact) mass is 1130 g/mol. The lowest BCUT2D eigenvalue weighted by atomic mass is 9.66. The van der Waals surface area contributed by atoms with Crippen molar-refractivity contribution in [3.63, 3.8) is 0 Å². The Hall–Kier alpha value is -7.28. The number of rotatable bonds is 9. The van der Waals surface area contributed by atoms with Gasteiger partial charge in [0.05, 0.1) is 0 Å². The molecule has 0 heterocycles. The summed E-state index contributed by atoms with van der Waals surface area (Å²) in [5.41, 5.74) is 22.3. The van der Waals surface area contributed by atoms with Crippen LogP contribution >= 0.6 is 0 Å². The molecule has 8 unspecified atom stereocenters. The van der Waals surface area contributed by atoms with Crippen molar-refractivity contribution in [1.82, 2.24) is 0 Å². The van der Waals surface area contributed by atoms with Crippen LogP contribution in [0.2, 0.25) is 0 Å². The van der Waals surface area contributed by atoms with Crippen LogP contribution in [0.15, 0.2) is 243 Å². The molecule has 0 aromatic heterocycles.